The molecule has 0 fully saturated rings. The summed E-state index contributed by atoms with van der Waals surface area (Å²) in [5, 5.41) is 6.97. The molecule has 4 nitrogen and oxygen atoms in total. The summed E-state index contributed by atoms with van der Waals surface area (Å²) in [4.78, 5) is 15.5. The molecule has 2 heterocycles. The number of hydrogen-bond acceptors (Lipinski definition) is 4. The molecule has 0 bridgehead atoms. The Morgan fingerprint density at radius 1 is 0.389 bits per heavy atom. The average Bonchev–Trinajstić information content (AvgIpc) is 3.72. The van der Waals surface area contributed by atoms with Gasteiger partial charge in [-0.2, -0.15) is 0 Å². The summed E-state index contributed by atoms with van der Waals surface area (Å²) in [6.45, 7) is 4.60. The lowest BCUT2D eigenvalue weighted by Gasteiger charge is -2.21. The molecule has 1 aliphatic carbocycles. The highest BCUT2D eigenvalue weighted by atomic mass is 16.3. The van der Waals surface area contributed by atoms with Crippen molar-refractivity contribution in [2.75, 3.05) is 0 Å². The number of nitrogens with zero attached hydrogens (tertiary/aromatic N) is 3. The van der Waals surface area contributed by atoms with E-state index in [4.69, 9.17) is 19.4 Å². The lowest BCUT2D eigenvalue weighted by Crippen LogP contribution is -2.15. The number of aromatic nitrogens is 3. The van der Waals surface area contributed by atoms with Crippen molar-refractivity contribution in [1.29, 1.82) is 0 Å². The van der Waals surface area contributed by atoms with E-state index in [-0.39, 0.29) is 5.41 Å². The minimum atomic E-state index is -0.146. The van der Waals surface area contributed by atoms with Crippen molar-refractivity contribution < 1.29 is 4.42 Å². The number of benzene rings is 8. The average molecular weight is 692 g/mol. The second-order valence-corrected chi connectivity index (χ2v) is 14.8. The van der Waals surface area contributed by atoms with E-state index < -0.39 is 0 Å². The van der Waals surface area contributed by atoms with E-state index in [2.05, 4.69) is 166 Å². The normalized spacial score (nSPS) is 13.1. The van der Waals surface area contributed by atoms with Crippen molar-refractivity contribution in [2.24, 2.45) is 0 Å². The van der Waals surface area contributed by atoms with Crippen molar-refractivity contribution >= 4 is 43.5 Å². The molecule has 2 aromatic heterocycles. The Labute approximate surface area is 312 Å². The first-order valence-corrected chi connectivity index (χ1v) is 18.4. The fraction of sp³-hybridized carbons (Fsp3) is 0.0600. The summed E-state index contributed by atoms with van der Waals surface area (Å²) in [6.07, 6.45) is 0. The molecule has 0 amide bonds. The van der Waals surface area contributed by atoms with Crippen LogP contribution in [0.3, 0.4) is 0 Å². The molecule has 0 atom stereocenters. The highest BCUT2D eigenvalue weighted by Gasteiger charge is 2.35. The molecule has 0 N–H and O–H groups in total. The van der Waals surface area contributed by atoms with Gasteiger partial charge in [0.1, 0.15) is 11.2 Å². The van der Waals surface area contributed by atoms with Gasteiger partial charge >= 0.3 is 0 Å². The molecule has 10 aromatic rings. The number of furan rings is 1. The summed E-state index contributed by atoms with van der Waals surface area (Å²) in [6, 6.07) is 57.8. The van der Waals surface area contributed by atoms with Gasteiger partial charge in [0, 0.05) is 32.9 Å². The Balaban J connectivity index is 1.10. The van der Waals surface area contributed by atoms with Crippen LogP contribution in [0.25, 0.3) is 99.9 Å². The maximum Gasteiger partial charge on any atom is 0.164 e. The molecule has 0 saturated carbocycles. The van der Waals surface area contributed by atoms with Gasteiger partial charge in [0.2, 0.25) is 0 Å². The molecule has 0 unspecified atom stereocenters. The smallest absolute Gasteiger partial charge is 0.164 e. The van der Waals surface area contributed by atoms with Crippen LogP contribution in [0.2, 0.25) is 0 Å². The van der Waals surface area contributed by atoms with E-state index >= 15 is 0 Å². The monoisotopic (exact) mass is 691 g/mol. The Morgan fingerprint density at radius 3 is 1.83 bits per heavy atom. The molecule has 0 radical (unpaired) electrons. The number of fused-ring (bicyclic) bond motifs is 9. The first-order chi connectivity index (χ1) is 26.5. The molecule has 1 aliphatic rings. The molecule has 8 aromatic carbocycles. The van der Waals surface area contributed by atoms with Crippen molar-refractivity contribution in [2.45, 2.75) is 19.3 Å². The van der Waals surface area contributed by atoms with Gasteiger partial charge in [-0.05, 0) is 85.3 Å². The Kier molecular flexibility index (Phi) is 6.56. The van der Waals surface area contributed by atoms with Crippen LogP contribution in [-0.2, 0) is 5.41 Å². The third-order valence-electron chi connectivity index (χ3n) is 11.3. The van der Waals surface area contributed by atoms with Crippen molar-refractivity contribution in [3.63, 3.8) is 0 Å². The highest BCUT2D eigenvalue weighted by molar-refractivity contribution is 6.13. The second-order valence-electron chi connectivity index (χ2n) is 14.8. The second kappa shape index (κ2) is 11.5. The predicted molar refractivity (Wildman–Crippen MR) is 221 cm³/mol. The minimum Gasteiger partial charge on any atom is -0.456 e. The molecule has 11 rings (SSSR count). The molecule has 254 valence electrons. The topological polar surface area (TPSA) is 51.8 Å². The fourth-order valence-electron chi connectivity index (χ4n) is 8.58. The Morgan fingerprint density at radius 2 is 1.00 bits per heavy atom. The van der Waals surface area contributed by atoms with E-state index in [1.165, 1.54) is 38.4 Å². The van der Waals surface area contributed by atoms with Crippen LogP contribution < -0.4 is 0 Å². The van der Waals surface area contributed by atoms with E-state index in [0.717, 1.165) is 55.1 Å². The van der Waals surface area contributed by atoms with Crippen LogP contribution >= 0.6 is 0 Å². The first kappa shape index (κ1) is 30.7. The SMILES string of the molecule is CC1(C)c2ccccc2-c2ccc(-c3nc(-c4ccc5c(ccc6ccccc65)c4)nc(-c4ccc5c(c4)oc4cccc(-c6ccccc6)c45)n3)cc21. The maximum absolute atomic E-state index is 6.52. The van der Waals surface area contributed by atoms with Gasteiger partial charge in [0.05, 0.1) is 0 Å². The standard InChI is InChI=1S/C50H33N3O/c1-50(2)42-17-9-8-15-39(42)40-25-22-34(28-43(40)50)48-51-47(33-21-24-37-32(27-33)20-19-31-13-6-7-14-36(31)37)52-49(53-48)35-23-26-41-45(29-35)54-44-18-10-16-38(46(41)44)30-11-4-3-5-12-30/h3-29H,1-2H3. The quantitative estimate of drug-likeness (QED) is 0.172. The first-order valence-electron chi connectivity index (χ1n) is 18.4. The van der Waals surface area contributed by atoms with E-state index in [1.807, 2.05) is 12.1 Å². The van der Waals surface area contributed by atoms with Crippen LogP contribution in [0.1, 0.15) is 25.0 Å². The summed E-state index contributed by atoms with van der Waals surface area (Å²) >= 11 is 0. The van der Waals surface area contributed by atoms with Crippen LogP contribution in [-0.4, -0.2) is 15.0 Å². The largest absolute Gasteiger partial charge is 0.456 e. The highest BCUT2D eigenvalue weighted by Crippen LogP contribution is 2.49. The predicted octanol–water partition coefficient (Wildman–Crippen LogP) is 13.1. The molecule has 0 saturated heterocycles. The number of rotatable bonds is 4. The minimum absolute atomic E-state index is 0.146. The zero-order valence-electron chi connectivity index (χ0n) is 29.8. The Hall–Kier alpha value is -6.91. The van der Waals surface area contributed by atoms with Gasteiger partial charge in [-0.1, -0.05) is 147 Å². The molecular weight excluding hydrogens is 659 g/mol. The van der Waals surface area contributed by atoms with Crippen LogP contribution in [0.4, 0.5) is 0 Å². The molecular formula is C50H33N3O. The maximum atomic E-state index is 6.52. The van der Waals surface area contributed by atoms with Crippen molar-refractivity contribution in [1.82, 2.24) is 15.0 Å². The zero-order chi connectivity index (χ0) is 36.0. The van der Waals surface area contributed by atoms with E-state index in [1.54, 1.807) is 0 Å². The molecule has 0 spiro atoms. The van der Waals surface area contributed by atoms with Crippen LogP contribution in [0.15, 0.2) is 168 Å². The molecule has 0 aliphatic heterocycles. The van der Waals surface area contributed by atoms with E-state index in [9.17, 15) is 0 Å². The van der Waals surface area contributed by atoms with Gasteiger partial charge in [0.15, 0.2) is 17.5 Å². The van der Waals surface area contributed by atoms with Gasteiger partial charge in [-0.15, -0.1) is 0 Å². The van der Waals surface area contributed by atoms with Gasteiger partial charge in [0.25, 0.3) is 0 Å². The summed E-state index contributed by atoms with van der Waals surface area (Å²) in [7, 11) is 0. The lowest BCUT2D eigenvalue weighted by atomic mass is 9.82. The van der Waals surface area contributed by atoms with Crippen molar-refractivity contribution in [3.05, 3.63) is 175 Å². The molecule has 4 heteroatoms. The summed E-state index contributed by atoms with van der Waals surface area (Å²) in [5.41, 5.74) is 11.8. The van der Waals surface area contributed by atoms with Gasteiger partial charge in [-0.25, -0.2) is 15.0 Å². The zero-order valence-corrected chi connectivity index (χ0v) is 29.8. The number of hydrogen-bond donors (Lipinski definition) is 0. The molecule has 54 heavy (non-hydrogen) atoms. The van der Waals surface area contributed by atoms with E-state index in [0.29, 0.717) is 17.5 Å². The fourth-order valence-corrected chi connectivity index (χ4v) is 8.58. The Bertz CT molecular complexity index is 3140. The summed E-state index contributed by atoms with van der Waals surface area (Å²) < 4.78 is 6.52. The summed E-state index contributed by atoms with van der Waals surface area (Å²) in [5.74, 6) is 1.87. The van der Waals surface area contributed by atoms with Crippen molar-refractivity contribution in [3.8, 4) is 56.4 Å². The van der Waals surface area contributed by atoms with Crippen LogP contribution in [0, 0.1) is 0 Å². The van der Waals surface area contributed by atoms with Crippen LogP contribution in [0.5, 0.6) is 0 Å². The third-order valence-corrected chi connectivity index (χ3v) is 11.3. The lowest BCUT2D eigenvalue weighted by molar-refractivity contribution is 0.660. The van der Waals surface area contributed by atoms with Gasteiger partial charge in [-0.3, -0.25) is 0 Å². The van der Waals surface area contributed by atoms with Gasteiger partial charge < -0.3 is 4.42 Å². The third kappa shape index (κ3) is 4.66.